The summed E-state index contributed by atoms with van der Waals surface area (Å²) in [6.45, 7) is 0. The Balaban J connectivity index is 2.01. The van der Waals surface area contributed by atoms with E-state index in [0.717, 1.165) is 25.7 Å². The lowest BCUT2D eigenvalue weighted by atomic mass is 9.96. The molecule has 4 heteroatoms. The van der Waals surface area contributed by atoms with Crippen molar-refractivity contribution in [3.05, 3.63) is 34.1 Å². The van der Waals surface area contributed by atoms with Gasteiger partial charge in [0.05, 0.1) is 10.0 Å². The molecule has 0 atom stereocenters. The second kappa shape index (κ2) is 7.04. The van der Waals surface area contributed by atoms with Gasteiger partial charge in [-0.05, 0) is 40.9 Å². The fourth-order valence-corrected chi connectivity index (χ4v) is 2.99. The Bertz CT molecular complexity index is 442. The fraction of sp³-hybridized carbons (Fsp3) is 0.533. The van der Waals surface area contributed by atoms with Gasteiger partial charge in [-0.25, -0.2) is 4.39 Å². The maximum Gasteiger partial charge on any atom is 0.252 e. The van der Waals surface area contributed by atoms with Crippen molar-refractivity contribution in [3.8, 4) is 0 Å². The lowest BCUT2D eigenvalue weighted by Gasteiger charge is -2.21. The molecule has 1 aromatic carbocycles. The number of carbonyl (C=O) groups excluding carboxylic acids is 1. The van der Waals surface area contributed by atoms with Gasteiger partial charge in [0.15, 0.2) is 0 Å². The molecule has 0 bridgehead atoms. The summed E-state index contributed by atoms with van der Waals surface area (Å²) in [5, 5.41) is 3.04. The zero-order chi connectivity index (χ0) is 13.7. The predicted octanol–water partition coefficient (Wildman–Crippen LogP) is 4.43. The van der Waals surface area contributed by atoms with Crippen LogP contribution in [0.1, 0.15) is 55.3 Å². The molecule has 0 heterocycles. The van der Waals surface area contributed by atoms with Crippen molar-refractivity contribution in [2.45, 2.75) is 51.0 Å². The highest BCUT2D eigenvalue weighted by atomic mass is 79.9. The topological polar surface area (TPSA) is 29.1 Å². The number of nitrogens with one attached hydrogen (secondary N) is 1. The van der Waals surface area contributed by atoms with Gasteiger partial charge < -0.3 is 5.32 Å². The van der Waals surface area contributed by atoms with Crippen LogP contribution < -0.4 is 5.32 Å². The highest BCUT2D eigenvalue weighted by molar-refractivity contribution is 9.10. The summed E-state index contributed by atoms with van der Waals surface area (Å²) in [5.74, 6) is -0.581. The Hall–Kier alpha value is -0.900. The first-order chi connectivity index (χ1) is 9.18. The summed E-state index contributed by atoms with van der Waals surface area (Å²) in [4.78, 5) is 12.2. The van der Waals surface area contributed by atoms with Gasteiger partial charge in [-0.2, -0.15) is 0 Å². The van der Waals surface area contributed by atoms with E-state index in [1.165, 1.54) is 25.3 Å². The molecule has 1 aromatic rings. The van der Waals surface area contributed by atoms with Crippen LogP contribution in [0.25, 0.3) is 0 Å². The van der Waals surface area contributed by atoms with Gasteiger partial charge in [0.2, 0.25) is 0 Å². The van der Waals surface area contributed by atoms with E-state index in [4.69, 9.17) is 0 Å². The van der Waals surface area contributed by atoms with Crippen LogP contribution in [0, 0.1) is 5.82 Å². The summed E-state index contributed by atoms with van der Waals surface area (Å²) >= 11 is 3.14. The van der Waals surface area contributed by atoms with Crippen molar-refractivity contribution in [2.24, 2.45) is 0 Å². The molecular formula is C15H19BrFNO. The molecule has 1 saturated carbocycles. The molecule has 2 rings (SSSR count). The van der Waals surface area contributed by atoms with Crippen LogP contribution in [0.15, 0.2) is 22.7 Å². The highest BCUT2D eigenvalue weighted by Gasteiger charge is 2.18. The van der Waals surface area contributed by atoms with E-state index < -0.39 is 5.82 Å². The lowest BCUT2D eigenvalue weighted by molar-refractivity contribution is 0.0929. The summed E-state index contributed by atoms with van der Waals surface area (Å²) in [5.41, 5.74) is 0.377. The number of carbonyl (C=O) groups is 1. The molecule has 19 heavy (non-hydrogen) atoms. The van der Waals surface area contributed by atoms with Gasteiger partial charge in [0, 0.05) is 6.04 Å². The molecule has 1 aliphatic rings. The Morgan fingerprint density at radius 3 is 2.47 bits per heavy atom. The average molecular weight is 328 g/mol. The van der Waals surface area contributed by atoms with Crippen LogP contribution in [-0.2, 0) is 0 Å². The summed E-state index contributed by atoms with van der Waals surface area (Å²) in [6, 6.07) is 4.78. The summed E-state index contributed by atoms with van der Waals surface area (Å²) < 4.78 is 13.7. The van der Waals surface area contributed by atoms with Gasteiger partial charge in [-0.3, -0.25) is 4.79 Å². The molecular weight excluding hydrogens is 309 g/mol. The van der Waals surface area contributed by atoms with E-state index in [2.05, 4.69) is 21.2 Å². The van der Waals surface area contributed by atoms with Gasteiger partial charge in [-0.1, -0.05) is 38.2 Å². The number of amides is 1. The van der Waals surface area contributed by atoms with Gasteiger partial charge >= 0.3 is 0 Å². The van der Waals surface area contributed by atoms with E-state index in [9.17, 15) is 9.18 Å². The second-order valence-corrected chi connectivity index (χ2v) is 5.91. The Labute approximate surface area is 121 Å². The van der Waals surface area contributed by atoms with E-state index in [-0.39, 0.29) is 16.4 Å². The molecule has 1 amide bonds. The molecule has 1 N–H and O–H groups in total. The van der Waals surface area contributed by atoms with Crippen LogP contribution in [0.3, 0.4) is 0 Å². The average Bonchev–Trinajstić information content (AvgIpc) is 2.35. The van der Waals surface area contributed by atoms with Crippen molar-refractivity contribution in [1.82, 2.24) is 5.32 Å². The first-order valence-electron chi connectivity index (χ1n) is 6.93. The second-order valence-electron chi connectivity index (χ2n) is 5.12. The number of rotatable bonds is 2. The van der Waals surface area contributed by atoms with Crippen LogP contribution in [0.4, 0.5) is 4.39 Å². The molecule has 0 aromatic heterocycles. The zero-order valence-electron chi connectivity index (χ0n) is 10.9. The third-order valence-corrected chi connectivity index (χ3v) is 4.44. The molecule has 0 radical (unpaired) electrons. The first-order valence-corrected chi connectivity index (χ1v) is 7.72. The Kier molecular flexibility index (Phi) is 5.37. The fourth-order valence-electron chi connectivity index (χ4n) is 2.54. The minimum atomic E-state index is -0.398. The molecule has 104 valence electrons. The Morgan fingerprint density at radius 2 is 1.79 bits per heavy atom. The van der Waals surface area contributed by atoms with Gasteiger partial charge in [0.1, 0.15) is 5.82 Å². The van der Waals surface area contributed by atoms with E-state index >= 15 is 0 Å². The number of halogens is 2. The molecule has 0 unspecified atom stereocenters. The molecule has 1 fully saturated rings. The van der Waals surface area contributed by atoms with Crippen molar-refractivity contribution < 1.29 is 9.18 Å². The molecule has 1 aliphatic carbocycles. The van der Waals surface area contributed by atoms with Crippen LogP contribution >= 0.6 is 15.9 Å². The van der Waals surface area contributed by atoms with Crippen LogP contribution in [-0.4, -0.2) is 11.9 Å². The van der Waals surface area contributed by atoms with Crippen molar-refractivity contribution >= 4 is 21.8 Å². The highest BCUT2D eigenvalue weighted by Crippen LogP contribution is 2.22. The third kappa shape index (κ3) is 4.03. The minimum absolute atomic E-state index is 0.183. The van der Waals surface area contributed by atoms with Crippen molar-refractivity contribution in [2.75, 3.05) is 0 Å². The summed E-state index contributed by atoms with van der Waals surface area (Å²) in [7, 11) is 0. The quantitative estimate of drug-likeness (QED) is 0.855. The zero-order valence-corrected chi connectivity index (χ0v) is 12.5. The number of hydrogen-bond acceptors (Lipinski definition) is 1. The van der Waals surface area contributed by atoms with E-state index in [0.29, 0.717) is 5.56 Å². The maximum atomic E-state index is 13.4. The smallest absolute Gasteiger partial charge is 0.252 e. The summed E-state index contributed by atoms with van der Waals surface area (Å²) in [6.07, 6.45) is 8.17. The van der Waals surface area contributed by atoms with Gasteiger partial charge in [0.25, 0.3) is 5.91 Å². The molecule has 0 saturated heterocycles. The van der Waals surface area contributed by atoms with Crippen molar-refractivity contribution in [3.63, 3.8) is 0 Å². The normalized spacial score (nSPS) is 17.6. The molecule has 2 nitrogen and oxygen atoms in total. The largest absolute Gasteiger partial charge is 0.349 e. The van der Waals surface area contributed by atoms with E-state index in [1.807, 2.05) is 0 Å². The lowest BCUT2D eigenvalue weighted by Crippen LogP contribution is -2.35. The SMILES string of the molecule is O=C(NC1CCCCCCC1)c1cccc(F)c1Br. The molecule has 0 aliphatic heterocycles. The van der Waals surface area contributed by atoms with Gasteiger partial charge in [-0.15, -0.1) is 0 Å². The standard InChI is InChI=1S/C15H19BrFNO/c16-14-12(9-6-10-13(14)17)15(19)18-11-7-4-2-1-3-5-8-11/h6,9-11H,1-5,7-8H2,(H,18,19). The maximum absolute atomic E-state index is 13.4. The van der Waals surface area contributed by atoms with Crippen LogP contribution in [0.2, 0.25) is 0 Å². The van der Waals surface area contributed by atoms with Crippen molar-refractivity contribution in [1.29, 1.82) is 0 Å². The Morgan fingerprint density at radius 1 is 1.16 bits per heavy atom. The van der Waals surface area contributed by atoms with Crippen LogP contribution in [0.5, 0.6) is 0 Å². The number of hydrogen-bond donors (Lipinski definition) is 1. The van der Waals surface area contributed by atoms with E-state index in [1.54, 1.807) is 12.1 Å². The first kappa shape index (κ1) is 14.5. The monoisotopic (exact) mass is 327 g/mol. The minimum Gasteiger partial charge on any atom is -0.349 e. The third-order valence-electron chi connectivity index (χ3n) is 3.64. The number of benzene rings is 1. The predicted molar refractivity (Wildman–Crippen MR) is 77.7 cm³/mol. The molecule has 0 spiro atoms.